The molecule has 6 nitrogen and oxygen atoms in total. The van der Waals surface area contributed by atoms with E-state index in [2.05, 4.69) is 10.6 Å². The molecule has 2 amide bonds. The van der Waals surface area contributed by atoms with Crippen molar-refractivity contribution in [1.29, 1.82) is 0 Å². The van der Waals surface area contributed by atoms with Crippen molar-refractivity contribution in [1.82, 2.24) is 10.6 Å². The van der Waals surface area contributed by atoms with Gasteiger partial charge in [0.15, 0.2) is 0 Å². The molecule has 150 valence electrons. The van der Waals surface area contributed by atoms with Crippen LogP contribution in [-0.2, 0) is 16.1 Å². The van der Waals surface area contributed by atoms with Crippen molar-refractivity contribution in [3.8, 4) is 0 Å². The molecule has 3 N–H and O–H groups in total. The van der Waals surface area contributed by atoms with E-state index >= 15 is 0 Å². The first-order chi connectivity index (χ1) is 14.0. The lowest BCUT2D eigenvalue weighted by molar-refractivity contribution is -0.152. The van der Waals surface area contributed by atoms with Gasteiger partial charge >= 0.3 is 5.97 Å². The number of benzene rings is 2. The van der Waals surface area contributed by atoms with Crippen LogP contribution in [0.2, 0.25) is 0 Å². The maximum absolute atomic E-state index is 12.5. The van der Waals surface area contributed by atoms with Crippen molar-refractivity contribution in [3.63, 3.8) is 0 Å². The zero-order valence-corrected chi connectivity index (χ0v) is 16.1. The predicted octanol–water partition coefficient (Wildman–Crippen LogP) is 2.84. The predicted molar refractivity (Wildman–Crippen MR) is 107 cm³/mol. The monoisotopic (exact) mass is 392 g/mol. The fourth-order valence-electron chi connectivity index (χ4n) is 3.87. The van der Waals surface area contributed by atoms with E-state index in [0.29, 0.717) is 31.4 Å². The molecule has 0 heterocycles. The lowest BCUT2D eigenvalue weighted by Gasteiger charge is -2.38. The van der Waals surface area contributed by atoms with E-state index in [-0.39, 0.29) is 23.7 Å². The molecule has 1 unspecified atom stereocenters. The highest BCUT2D eigenvalue weighted by molar-refractivity contribution is 5.94. The van der Waals surface area contributed by atoms with Crippen molar-refractivity contribution in [2.75, 3.05) is 0 Å². The molecule has 2 aliphatic carbocycles. The van der Waals surface area contributed by atoms with Gasteiger partial charge in [-0.1, -0.05) is 42.5 Å². The number of hydrogen-bond acceptors (Lipinski definition) is 3. The third kappa shape index (κ3) is 4.01. The van der Waals surface area contributed by atoms with E-state index < -0.39 is 11.5 Å². The Morgan fingerprint density at radius 3 is 2.28 bits per heavy atom. The molecule has 0 spiro atoms. The van der Waals surface area contributed by atoms with Gasteiger partial charge in [0.1, 0.15) is 5.54 Å². The number of nitrogens with one attached hydrogen (secondary N) is 2. The number of carboxylic acid groups (broad SMARTS) is 1. The molecule has 0 saturated heterocycles. The van der Waals surface area contributed by atoms with Gasteiger partial charge in [0.2, 0.25) is 5.91 Å². The van der Waals surface area contributed by atoms with E-state index in [1.165, 1.54) is 0 Å². The maximum Gasteiger partial charge on any atom is 0.329 e. The minimum atomic E-state index is -1.06. The van der Waals surface area contributed by atoms with Gasteiger partial charge in [-0.25, -0.2) is 4.79 Å². The van der Waals surface area contributed by atoms with E-state index in [0.717, 1.165) is 17.5 Å². The first-order valence-corrected chi connectivity index (χ1v) is 9.96. The van der Waals surface area contributed by atoms with Crippen LogP contribution in [0.3, 0.4) is 0 Å². The molecule has 0 radical (unpaired) electrons. The fourth-order valence-corrected chi connectivity index (χ4v) is 3.87. The van der Waals surface area contributed by atoms with Crippen LogP contribution in [-0.4, -0.2) is 28.4 Å². The van der Waals surface area contributed by atoms with Crippen LogP contribution in [0, 0.1) is 5.92 Å². The smallest absolute Gasteiger partial charge is 0.329 e. The minimum absolute atomic E-state index is 0.0855. The molecule has 0 aromatic heterocycles. The Bertz CT molecular complexity index is 920. The lowest BCUT2D eigenvalue weighted by Crippen LogP contribution is -2.59. The van der Waals surface area contributed by atoms with Gasteiger partial charge in [0, 0.05) is 18.0 Å². The molecule has 4 rings (SSSR count). The zero-order chi connectivity index (χ0) is 20.4. The second-order valence-electron chi connectivity index (χ2n) is 7.97. The quantitative estimate of drug-likeness (QED) is 0.675. The highest BCUT2D eigenvalue weighted by Gasteiger charge is 2.50. The summed E-state index contributed by atoms with van der Waals surface area (Å²) in [6, 6.07) is 17.0. The van der Waals surface area contributed by atoms with Gasteiger partial charge in [0.05, 0.1) is 0 Å². The summed E-state index contributed by atoms with van der Waals surface area (Å²) in [5, 5.41) is 15.0. The summed E-state index contributed by atoms with van der Waals surface area (Å²) >= 11 is 0. The molecule has 0 bridgehead atoms. The summed E-state index contributed by atoms with van der Waals surface area (Å²) in [5.74, 6) is -1.37. The van der Waals surface area contributed by atoms with Gasteiger partial charge in [-0.3, -0.25) is 9.59 Å². The number of aliphatic carboxylic acids is 1. The van der Waals surface area contributed by atoms with Crippen LogP contribution in [0.25, 0.3) is 0 Å². The SMILES string of the molecule is O=C(NCc1ccccc1)c1ccc([C@@H]2CC2C(=O)NC2(C(=O)O)CCC2)cc1. The van der Waals surface area contributed by atoms with Gasteiger partial charge in [-0.15, -0.1) is 0 Å². The Morgan fingerprint density at radius 1 is 1.00 bits per heavy atom. The second-order valence-corrected chi connectivity index (χ2v) is 7.97. The topological polar surface area (TPSA) is 95.5 Å². The third-order valence-electron chi connectivity index (χ3n) is 6.00. The first kappa shape index (κ1) is 19.2. The van der Waals surface area contributed by atoms with Crippen molar-refractivity contribution in [2.45, 2.75) is 43.7 Å². The van der Waals surface area contributed by atoms with Crippen LogP contribution in [0.4, 0.5) is 0 Å². The van der Waals surface area contributed by atoms with Crippen LogP contribution >= 0.6 is 0 Å². The van der Waals surface area contributed by atoms with Crippen LogP contribution in [0.1, 0.15) is 53.1 Å². The maximum atomic E-state index is 12.5. The molecule has 2 atom stereocenters. The Kier molecular flexibility index (Phi) is 5.09. The van der Waals surface area contributed by atoms with E-state index in [1.807, 2.05) is 42.5 Å². The van der Waals surface area contributed by atoms with E-state index in [9.17, 15) is 19.5 Å². The van der Waals surface area contributed by atoms with Crippen molar-refractivity contribution < 1.29 is 19.5 Å². The Labute approximate surface area is 169 Å². The fraction of sp³-hybridized carbons (Fsp3) is 0.348. The van der Waals surface area contributed by atoms with Gasteiger partial charge in [0.25, 0.3) is 5.91 Å². The van der Waals surface area contributed by atoms with Crippen LogP contribution in [0.5, 0.6) is 0 Å². The van der Waals surface area contributed by atoms with Crippen molar-refractivity contribution in [2.24, 2.45) is 5.92 Å². The van der Waals surface area contributed by atoms with Crippen molar-refractivity contribution in [3.05, 3.63) is 71.3 Å². The molecular formula is C23H24N2O4. The van der Waals surface area contributed by atoms with Crippen LogP contribution in [0.15, 0.2) is 54.6 Å². The van der Waals surface area contributed by atoms with E-state index in [1.54, 1.807) is 12.1 Å². The van der Waals surface area contributed by atoms with E-state index in [4.69, 9.17) is 0 Å². The second kappa shape index (κ2) is 7.70. The molecule has 6 heteroatoms. The molecule has 2 aliphatic rings. The lowest BCUT2D eigenvalue weighted by atomic mass is 9.76. The average molecular weight is 392 g/mol. The minimum Gasteiger partial charge on any atom is -0.480 e. The van der Waals surface area contributed by atoms with Gasteiger partial charge < -0.3 is 15.7 Å². The zero-order valence-electron chi connectivity index (χ0n) is 16.1. The molecule has 2 aromatic rings. The number of carbonyl (C=O) groups is 3. The number of carbonyl (C=O) groups excluding carboxylic acids is 2. The van der Waals surface area contributed by atoms with Gasteiger partial charge in [-0.2, -0.15) is 0 Å². The number of hydrogen-bond donors (Lipinski definition) is 3. The first-order valence-electron chi connectivity index (χ1n) is 9.96. The largest absolute Gasteiger partial charge is 0.480 e. The summed E-state index contributed by atoms with van der Waals surface area (Å²) in [5.41, 5.74) is 1.55. The summed E-state index contributed by atoms with van der Waals surface area (Å²) in [7, 11) is 0. The Hall–Kier alpha value is -3.15. The summed E-state index contributed by atoms with van der Waals surface area (Å²) in [6.45, 7) is 0.470. The van der Waals surface area contributed by atoms with Gasteiger partial charge in [-0.05, 0) is 54.9 Å². The van der Waals surface area contributed by atoms with Crippen molar-refractivity contribution >= 4 is 17.8 Å². The Balaban J connectivity index is 1.31. The number of rotatable bonds is 7. The highest BCUT2D eigenvalue weighted by Crippen LogP contribution is 2.48. The number of carboxylic acids is 1. The normalized spacial score (nSPS) is 21.5. The average Bonchev–Trinajstić information content (AvgIpc) is 3.50. The molecule has 2 aromatic carbocycles. The molecule has 2 fully saturated rings. The summed E-state index contributed by atoms with van der Waals surface area (Å²) < 4.78 is 0. The van der Waals surface area contributed by atoms with Crippen LogP contribution < -0.4 is 10.6 Å². The highest BCUT2D eigenvalue weighted by atomic mass is 16.4. The number of amides is 2. The molecular weight excluding hydrogens is 368 g/mol. The molecule has 0 aliphatic heterocycles. The summed E-state index contributed by atoms with van der Waals surface area (Å²) in [4.78, 5) is 36.2. The summed E-state index contributed by atoms with van der Waals surface area (Å²) in [6.07, 6.45) is 2.53. The standard InChI is InChI=1S/C23H24N2O4/c26-20(24-14-15-5-2-1-3-6-15)17-9-7-16(8-10-17)18-13-19(18)21(27)25-23(22(28)29)11-4-12-23/h1-3,5-10,18-19H,4,11-14H2,(H,24,26)(H,25,27)(H,28,29)/t18-,19?/m0/s1. The molecule has 2 saturated carbocycles. The molecule has 29 heavy (non-hydrogen) atoms. The third-order valence-corrected chi connectivity index (χ3v) is 6.00. The Morgan fingerprint density at radius 2 is 1.69 bits per heavy atom.